The van der Waals surface area contributed by atoms with Crippen LogP contribution in [0.1, 0.15) is 23.6 Å². The van der Waals surface area contributed by atoms with Crippen LogP contribution in [0.5, 0.6) is 11.5 Å². The van der Waals surface area contributed by atoms with E-state index in [0.717, 1.165) is 24.1 Å². The molecule has 0 spiro atoms. The van der Waals surface area contributed by atoms with E-state index in [-0.39, 0.29) is 17.6 Å². The Balaban J connectivity index is 2.50. The molecule has 1 saturated heterocycles. The van der Waals surface area contributed by atoms with Gasteiger partial charge in [-0.05, 0) is 44.5 Å². The third-order valence-corrected chi connectivity index (χ3v) is 4.15. The Kier molecular flexibility index (Phi) is 4.50. The Morgan fingerprint density at radius 2 is 2.00 bits per heavy atom. The average molecular weight is 282 g/mol. The molecule has 0 aromatic heterocycles. The van der Waals surface area contributed by atoms with Gasteiger partial charge in [0.15, 0.2) is 17.3 Å². The summed E-state index contributed by atoms with van der Waals surface area (Å²) in [6.45, 7) is 3.52. The summed E-state index contributed by atoms with van der Waals surface area (Å²) in [6.07, 6.45) is 0.957. The van der Waals surface area contributed by atoms with E-state index in [2.05, 4.69) is 11.9 Å². The van der Waals surface area contributed by atoms with Crippen molar-refractivity contribution >= 4 is 0 Å². The fraction of sp³-hybridized carbons (Fsp3) is 0.600. The summed E-state index contributed by atoms with van der Waals surface area (Å²) >= 11 is 0. The van der Waals surface area contributed by atoms with Crippen molar-refractivity contribution in [1.29, 1.82) is 0 Å². The smallest absolute Gasteiger partial charge is 0.197 e. The standard InChI is InChI=1S/C15H23FN2O2/c1-9-5-11(16)14(19-3)15(20-4)13(9)12-6-10(7-17)8-18(12)2/h5,10,12H,6-8,17H2,1-4H3. The third kappa shape index (κ3) is 2.47. The van der Waals surface area contributed by atoms with Gasteiger partial charge in [0.2, 0.25) is 0 Å². The first-order valence-electron chi connectivity index (χ1n) is 6.84. The lowest BCUT2D eigenvalue weighted by atomic mass is 9.94. The summed E-state index contributed by atoms with van der Waals surface area (Å²) < 4.78 is 24.6. The first kappa shape index (κ1) is 15.1. The third-order valence-electron chi connectivity index (χ3n) is 4.15. The van der Waals surface area contributed by atoms with Crippen LogP contribution >= 0.6 is 0 Å². The Hall–Kier alpha value is -1.33. The number of halogens is 1. The van der Waals surface area contributed by atoms with Crippen LogP contribution in [0.4, 0.5) is 4.39 Å². The summed E-state index contributed by atoms with van der Waals surface area (Å²) in [5, 5.41) is 0. The van der Waals surface area contributed by atoms with Crippen molar-refractivity contribution in [3.8, 4) is 11.5 Å². The molecular weight excluding hydrogens is 259 g/mol. The zero-order valence-corrected chi connectivity index (χ0v) is 12.6. The molecule has 2 N–H and O–H groups in total. The van der Waals surface area contributed by atoms with Gasteiger partial charge >= 0.3 is 0 Å². The number of hydrogen-bond acceptors (Lipinski definition) is 4. The largest absolute Gasteiger partial charge is 0.492 e. The zero-order chi connectivity index (χ0) is 14.9. The average Bonchev–Trinajstić information content (AvgIpc) is 2.79. The van der Waals surface area contributed by atoms with Crippen LogP contribution in [0.3, 0.4) is 0 Å². The molecule has 0 saturated carbocycles. The summed E-state index contributed by atoms with van der Waals surface area (Å²) in [5.41, 5.74) is 7.67. The summed E-state index contributed by atoms with van der Waals surface area (Å²) in [5.74, 6) is 0.754. The number of benzene rings is 1. The SMILES string of the molecule is COc1c(F)cc(C)c(C2CC(CN)CN2C)c1OC. The minimum Gasteiger partial charge on any atom is -0.492 e. The molecule has 1 aliphatic rings. The van der Waals surface area contributed by atoms with Crippen molar-refractivity contribution < 1.29 is 13.9 Å². The van der Waals surface area contributed by atoms with Crippen molar-refractivity contribution in [1.82, 2.24) is 4.90 Å². The molecule has 1 aromatic rings. The maximum absolute atomic E-state index is 14.0. The number of rotatable bonds is 4. The van der Waals surface area contributed by atoms with E-state index in [1.165, 1.54) is 13.2 Å². The first-order valence-corrected chi connectivity index (χ1v) is 6.84. The van der Waals surface area contributed by atoms with Gasteiger partial charge < -0.3 is 15.2 Å². The number of nitrogens with two attached hydrogens (primary N) is 1. The van der Waals surface area contributed by atoms with Crippen LogP contribution in [0, 0.1) is 18.7 Å². The molecule has 2 unspecified atom stereocenters. The van der Waals surface area contributed by atoms with Crippen LogP contribution in [0.2, 0.25) is 0 Å². The second-order valence-corrected chi connectivity index (χ2v) is 5.45. The van der Waals surface area contributed by atoms with Crippen LogP contribution in [0.25, 0.3) is 0 Å². The molecule has 0 bridgehead atoms. The molecule has 1 fully saturated rings. The quantitative estimate of drug-likeness (QED) is 0.919. The van der Waals surface area contributed by atoms with Crippen molar-refractivity contribution in [3.63, 3.8) is 0 Å². The molecule has 1 heterocycles. The van der Waals surface area contributed by atoms with E-state index < -0.39 is 0 Å². The van der Waals surface area contributed by atoms with Gasteiger partial charge in [0.1, 0.15) is 0 Å². The molecule has 112 valence electrons. The number of likely N-dealkylation sites (tertiary alicyclic amines) is 1. The number of ether oxygens (including phenoxy) is 2. The fourth-order valence-electron chi connectivity index (χ4n) is 3.16. The highest BCUT2D eigenvalue weighted by atomic mass is 19.1. The topological polar surface area (TPSA) is 47.7 Å². The molecule has 2 rings (SSSR count). The molecule has 1 aliphatic heterocycles. The van der Waals surface area contributed by atoms with Gasteiger partial charge in [0.25, 0.3) is 0 Å². The molecule has 0 radical (unpaired) electrons. The minimum atomic E-state index is -0.387. The summed E-state index contributed by atoms with van der Waals surface area (Å²) in [4.78, 5) is 2.25. The second-order valence-electron chi connectivity index (χ2n) is 5.45. The van der Waals surface area contributed by atoms with E-state index in [0.29, 0.717) is 18.2 Å². The number of aryl methyl sites for hydroxylation is 1. The van der Waals surface area contributed by atoms with E-state index in [1.54, 1.807) is 7.11 Å². The lowest BCUT2D eigenvalue weighted by Gasteiger charge is -2.25. The summed E-state index contributed by atoms with van der Waals surface area (Å²) in [6, 6.07) is 1.70. The van der Waals surface area contributed by atoms with Crippen LogP contribution in [-0.4, -0.2) is 39.3 Å². The van der Waals surface area contributed by atoms with Gasteiger partial charge in [-0.25, -0.2) is 4.39 Å². The molecular formula is C15H23FN2O2. The fourth-order valence-corrected chi connectivity index (χ4v) is 3.16. The number of nitrogens with zero attached hydrogens (tertiary/aromatic N) is 1. The molecule has 0 aliphatic carbocycles. The molecule has 0 amide bonds. The number of hydrogen-bond donors (Lipinski definition) is 1. The highest BCUT2D eigenvalue weighted by molar-refractivity contribution is 5.53. The van der Waals surface area contributed by atoms with Crippen molar-refractivity contribution in [2.75, 3.05) is 34.4 Å². The minimum absolute atomic E-state index is 0.178. The Morgan fingerprint density at radius 1 is 1.35 bits per heavy atom. The number of methoxy groups -OCH3 is 2. The Bertz CT molecular complexity index is 493. The van der Waals surface area contributed by atoms with Gasteiger partial charge in [-0.2, -0.15) is 0 Å². The highest BCUT2D eigenvalue weighted by Crippen LogP contribution is 2.45. The second kappa shape index (κ2) is 5.97. The molecule has 1 aromatic carbocycles. The van der Waals surface area contributed by atoms with Crippen molar-refractivity contribution in [3.05, 3.63) is 23.0 Å². The molecule has 5 heteroatoms. The predicted molar refractivity (Wildman–Crippen MR) is 76.8 cm³/mol. The van der Waals surface area contributed by atoms with Crippen LogP contribution < -0.4 is 15.2 Å². The molecule has 4 nitrogen and oxygen atoms in total. The maximum Gasteiger partial charge on any atom is 0.197 e. The van der Waals surface area contributed by atoms with E-state index in [1.807, 2.05) is 6.92 Å². The van der Waals surface area contributed by atoms with Crippen LogP contribution in [-0.2, 0) is 0 Å². The maximum atomic E-state index is 14.0. The molecule has 20 heavy (non-hydrogen) atoms. The van der Waals surface area contributed by atoms with Crippen LogP contribution in [0.15, 0.2) is 6.07 Å². The molecule has 2 atom stereocenters. The highest BCUT2D eigenvalue weighted by Gasteiger charge is 2.34. The van der Waals surface area contributed by atoms with Gasteiger partial charge in [0, 0.05) is 18.2 Å². The van der Waals surface area contributed by atoms with Gasteiger partial charge in [0.05, 0.1) is 14.2 Å². The van der Waals surface area contributed by atoms with E-state index in [9.17, 15) is 4.39 Å². The van der Waals surface area contributed by atoms with E-state index >= 15 is 0 Å². The zero-order valence-electron chi connectivity index (χ0n) is 12.6. The Morgan fingerprint density at radius 3 is 2.50 bits per heavy atom. The van der Waals surface area contributed by atoms with Crippen molar-refractivity contribution in [2.45, 2.75) is 19.4 Å². The van der Waals surface area contributed by atoms with Gasteiger partial charge in [-0.1, -0.05) is 0 Å². The van der Waals surface area contributed by atoms with Gasteiger partial charge in [-0.3, -0.25) is 4.90 Å². The lowest BCUT2D eigenvalue weighted by molar-refractivity contribution is 0.291. The van der Waals surface area contributed by atoms with Gasteiger partial charge in [-0.15, -0.1) is 0 Å². The first-order chi connectivity index (χ1) is 9.53. The normalized spacial score (nSPS) is 23.1. The lowest BCUT2D eigenvalue weighted by Crippen LogP contribution is -2.21. The Labute approximate surface area is 119 Å². The predicted octanol–water partition coefficient (Wildman–Crippen LogP) is 2.10. The van der Waals surface area contributed by atoms with E-state index in [4.69, 9.17) is 15.2 Å². The monoisotopic (exact) mass is 282 g/mol. The van der Waals surface area contributed by atoms with Crippen molar-refractivity contribution in [2.24, 2.45) is 11.7 Å². The summed E-state index contributed by atoms with van der Waals surface area (Å²) in [7, 11) is 5.08.